The van der Waals surface area contributed by atoms with Gasteiger partial charge in [-0.25, -0.2) is 8.78 Å². The fraction of sp³-hybridized carbons (Fsp3) is 0.385. The number of hydrogen-bond acceptors (Lipinski definition) is 3. The molecule has 1 aliphatic carbocycles. The molecule has 1 saturated carbocycles. The largest absolute Gasteiger partial charge is 0.409 e. The predicted octanol–water partition coefficient (Wildman–Crippen LogP) is 1.75. The second-order valence-corrected chi connectivity index (χ2v) is 4.85. The molecule has 2 rings (SSSR count). The van der Waals surface area contributed by atoms with Crippen LogP contribution in [0.3, 0.4) is 0 Å². The maximum Gasteiger partial charge on any atom is 0.255 e. The fourth-order valence-electron chi connectivity index (χ4n) is 2.48. The van der Waals surface area contributed by atoms with Crippen molar-refractivity contribution in [2.75, 3.05) is 0 Å². The van der Waals surface area contributed by atoms with Gasteiger partial charge in [-0.3, -0.25) is 4.79 Å². The van der Waals surface area contributed by atoms with E-state index in [1.807, 2.05) is 0 Å². The molecule has 0 spiro atoms. The zero-order valence-corrected chi connectivity index (χ0v) is 10.7. The Kier molecular flexibility index (Phi) is 3.87. The Bertz CT molecular complexity index is 555. The lowest BCUT2D eigenvalue weighted by atomic mass is 9.95. The van der Waals surface area contributed by atoms with Crippen molar-refractivity contribution < 1.29 is 18.8 Å². The molecule has 20 heavy (non-hydrogen) atoms. The lowest BCUT2D eigenvalue weighted by Crippen LogP contribution is -2.55. The summed E-state index contributed by atoms with van der Waals surface area (Å²) in [6, 6.07) is 2.71. The maximum atomic E-state index is 13.6. The Morgan fingerprint density at radius 1 is 1.35 bits per heavy atom. The van der Waals surface area contributed by atoms with Crippen molar-refractivity contribution in [3.8, 4) is 0 Å². The topological polar surface area (TPSA) is 87.7 Å². The molecule has 1 aliphatic rings. The van der Waals surface area contributed by atoms with Gasteiger partial charge in [-0.2, -0.15) is 0 Å². The molecule has 0 unspecified atom stereocenters. The van der Waals surface area contributed by atoms with Crippen LogP contribution in [0.1, 0.15) is 36.0 Å². The SMILES string of the molecule is N/C(=N/O)C1(NC(=O)c2ccc(F)cc2F)CCCC1. The van der Waals surface area contributed by atoms with Gasteiger partial charge in [-0.15, -0.1) is 0 Å². The van der Waals surface area contributed by atoms with Crippen LogP contribution >= 0.6 is 0 Å². The molecule has 0 aliphatic heterocycles. The normalized spacial score (nSPS) is 18.0. The van der Waals surface area contributed by atoms with Crippen LogP contribution in [-0.4, -0.2) is 22.5 Å². The molecular weight excluding hydrogens is 268 g/mol. The van der Waals surface area contributed by atoms with Gasteiger partial charge in [0.1, 0.15) is 17.2 Å². The van der Waals surface area contributed by atoms with Crippen LogP contribution < -0.4 is 11.1 Å². The van der Waals surface area contributed by atoms with Crippen molar-refractivity contribution in [2.45, 2.75) is 31.2 Å². The van der Waals surface area contributed by atoms with E-state index in [1.165, 1.54) is 0 Å². The van der Waals surface area contributed by atoms with Crippen LogP contribution in [0.15, 0.2) is 23.4 Å². The highest BCUT2D eigenvalue weighted by atomic mass is 19.1. The van der Waals surface area contributed by atoms with Crippen LogP contribution in [0.2, 0.25) is 0 Å². The summed E-state index contributed by atoms with van der Waals surface area (Å²) >= 11 is 0. The molecular formula is C13H15F2N3O2. The van der Waals surface area contributed by atoms with E-state index in [-0.39, 0.29) is 11.4 Å². The van der Waals surface area contributed by atoms with Crippen molar-refractivity contribution in [1.29, 1.82) is 0 Å². The Balaban J connectivity index is 2.25. The minimum absolute atomic E-state index is 0.106. The summed E-state index contributed by atoms with van der Waals surface area (Å²) < 4.78 is 26.4. The number of amides is 1. The number of carbonyl (C=O) groups excluding carboxylic acids is 1. The molecule has 0 radical (unpaired) electrons. The Morgan fingerprint density at radius 2 is 2.00 bits per heavy atom. The number of carbonyl (C=O) groups is 1. The molecule has 0 atom stereocenters. The molecule has 0 saturated heterocycles. The van der Waals surface area contributed by atoms with E-state index in [0.717, 1.165) is 25.0 Å². The van der Waals surface area contributed by atoms with E-state index in [9.17, 15) is 13.6 Å². The van der Waals surface area contributed by atoms with E-state index in [0.29, 0.717) is 18.9 Å². The number of amidine groups is 1. The zero-order valence-electron chi connectivity index (χ0n) is 10.7. The maximum absolute atomic E-state index is 13.6. The molecule has 1 fully saturated rings. The molecule has 1 amide bonds. The molecule has 7 heteroatoms. The zero-order chi connectivity index (χ0) is 14.8. The van der Waals surface area contributed by atoms with Crippen molar-refractivity contribution in [2.24, 2.45) is 10.9 Å². The highest BCUT2D eigenvalue weighted by Gasteiger charge is 2.40. The smallest absolute Gasteiger partial charge is 0.255 e. The van der Waals surface area contributed by atoms with E-state index < -0.39 is 23.1 Å². The van der Waals surface area contributed by atoms with Crippen LogP contribution in [0.25, 0.3) is 0 Å². The van der Waals surface area contributed by atoms with Crippen molar-refractivity contribution in [3.63, 3.8) is 0 Å². The number of nitrogens with zero attached hydrogens (tertiary/aromatic N) is 1. The molecule has 1 aromatic rings. The number of halogens is 2. The second kappa shape index (κ2) is 5.44. The Labute approximate surface area is 114 Å². The van der Waals surface area contributed by atoms with E-state index in [2.05, 4.69) is 10.5 Å². The van der Waals surface area contributed by atoms with E-state index >= 15 is 0 Å². The van der Waals surface area contributed by atoms with Crippen LogP contribution in [0.5, 0.6) is 0 Å². The summed E-state index contributed by atoms with van der Waals surface area (Å²) in [6.45, 7) is 0. The van der Waals surface area contributed by atoms with Gasteiger partial charge in [0.05, 0.1) is 5.56 Å². The molecule has 0 heterocycles. The average molecular weight is 283 g/mol. The van der Waals surface area contributed by atoms with Gasteiger partial charge >= 0.3 is 0 Å². The summed E-state index contributed by atoms with van der Waals surface area (Å²) in [5.41, 5.74) is 4.39. The number of oxime groups is 1. The lowest BCUT2D eigenvalue weighted by Gasteiger charge is -2.28. The third kappa shape index (κ3) is 2.56. The molecule has 0 bridgehead atoms. The first-order valence-electron chi connectivity index (χ1n) is 6.24. The van der Waals surface area contributed by atoms with Gasteiger partial charge in [0, 0.05) is 6.07 Å². The first-order valence-corrected chi connectivity index (χ1v) is 6.24. The predicted molar refractivity (Wildman–Crippen MR) is 68.4 cm³/mol. The van der Waals surface area contributed by atoms with Gasteiger partial charge in [0.2, 0.25) is 0 Å². The highest BCUT2D eigenvalue weighted by molar-refractivity contribution is 6.00. The van der Waals surface area contributed by atoms with Crippen LogP contribution in [-0.2, 0) is 0 Å². The summed E-state index contributed by atoms with van der Waals surface area (Å²) in [4.78, 5) is 12.1. The molecule has 108 valence electrons. The highest BCUT2D eigenvalue weighted by Crippen LogP contribution is 2.30. The number of nitrogens with one attached hydrogen (secondary N) is 1. The summed E-state index contributed by atoms with van der Waals surface area (Å²) in [5.74, 6) is -2.52. The van der Waals surface area contributed by atoms with Crippen molar-refractivity contribution in [3.05, 3.63) is 35.4 Å². The summed E-state index contributed by atoms with van der Waals surface area (Å²) in [6.07, 6.45) is 2.64. The molecule has 4 N–H and O–H groups in total. The van der Waals surface area contributed by atoms with Gasteiger partial charge in [-0.1, -0.05) is 18.0 Å². The molecule has 5 nitrogen and oxygen atoms in total. The van der Waals surface area contributed by atoms with Gasteiger partial charge in [-0.05, 0) is 25.0 Å². The minimum Gasteiger partial charge on any atom is -0.409 e. The third-order valence-corrected chi connectivity index (χ3v) is 3.58. The number of rotatable bonds is 3. The fourth-order valence-corrected chi connectivity index (χ4v) is 2.48. The first-order chi connectivity index (χ1) is 9.48. The standard InChI is InChI=1S/C13H15F2N3O2/c14-8-3-4-9(10(15)7-8)11(19)17-13(12(16)18-20)5-1-2-6-13/h3-4,7,20H,1-2,5-6H2,(H2,16,18)(H,17,19). The van der Waals surface area contributed by atoms with E-state index in [1.54, 1.807) is 0 Å². The quantitative estimate of drug-likeness (QED) is 0.342. The Morgan fingerprint density at radius 3 is 2.55 bits per heavy atom. The average Bonchev–Trinajstić information content (AvgIpc) is 2.87. The molecule has 1 aromatic carbocycles. The monoisotopic (exact) mass is 283 g/mol. The van der Waals surface area contributed by atoms with Gasteiger partial charge in [0.15, 0.2) is 5.84 Å². The number of nitrogens with two attached hydrogens (primary N) is 1. The number of hydrogen-bond donors (Lipinski definition) is 3. The van der Waals surface area contributed by atoms with Gasteiger partial charge < -0.3 is 16.3 Å². The van der Waals surface area contributed by atoms with Crippen molar-refractivity contribution >= 4 is 11.7 Å². The van der Waals surface area contributed by atoms with E-state index in [4.69, 9.17) is 10.9 Å². The van der Waals surface area contributed by atoms with Gasteiger partial charge in [0.25, 0.3) is 5.91 Å². The molecule has 0 aromatic heterocycles. The van der Waals surface area contributed by atoms with Crippen molar-refractivity contribution in [1.82, 2.24) is 5.32 Å². The first kappa shape index (κ1) is 14.2. The number of benzene rings is 1. The second-order valence-electron chi connectivity index (χ2n) is 4.85. The summed E-state index contributed by atoms with van der Waals surface area (Å²) in [5, 5.41) is 14.4. The van der Waals surface area contributed by atoms with Crippen LogP contribution in [0, 0.1) is 11.6 Å². The van der Waals surface area contributed by atoms with Crippen LogP contribution in [0.4, 0.5) is 8.78 Å². The minimum atomic E-state index is -0.966. The Hall–Kier alpha value is -2.18. The third-order valence-electron chi connectivity index (χ3n) is 3.58. The lowest BCUT2D eigenvalue weighted by molar-refractivity contribution is 0.0918. The summed E-state index contributed by atoms with van der Waals surface area (Å²) in [7, 11) is 0.